The molecule has 4 rings (SSSR count). The highest BCUT2D eigenvalue weighted by Crippen LogP contribution is 2.35. The van der Waals surface area contributed by atoms with Gasteiger partial charge in [0.25, 0.3) is 15.9 Å². The highest BCUT2D eigenvalue weighted by atomic mass is 32.2. The summed E-state index contributed by atoms with van der Waals surface area (Å²) in [6.45, 7) is 5.10. The Labute approximate surface area is 217 Å². The highest BCUT2D eigenvalue weighted by Gasteiger charge is 2.32. The van der Waals surface area contributed by atoms with Crippen molar-refractivity contribution in [3.8, 4) is 11.5 Å². The summed E-state index contributed by atoms with van der Waals surface area (Å²) >= 11 is 0. The largest absolute Gasteiger partial charge is 0.490 e. The van der Waals surface area contributed by atoms with Crippen molar-refractivity contribution in [3.63, 3.8) is 0 Å². The van der Waals surface area contributed by atoms with Gasteiger partial charge in [0.05, 0.1) is 25.4 Å². The quantitative estimate of drug-likeness (QED) is 0.555. The summed E-state index contributed by atoms with van der Waals surface area (Å²) in [7, 11) is -2.43. The lowest BCUT2D eigenvalue weighted by Gasteiger charge is -2.30. The summed E-state index contributed by atoms with van der Waals surface area (Å²) in [6, 6.07) is 9.68. The topological polar surface area (TPSA) is 118 Å². The molecule has 1 fully saturated rings. The third kappa shape index (κ3) is 5.87. The highest BCUT2D eigenvalue weighted by molar-refractivity contribution is 7.90. The molecule has 2 aliphatic rings. The predicted molar refractivity (Wildman–Crippen MR) is 141 cm³/mol. The van der Waals surface area contributed by atoms with Crippen LogP contribution in [-0.4, -0.2) is 64.3 Å². The average molecular weight is 529 g/mol. The Morgan fingerprint density at radius 2 is 1.78 bits per heavy atom. The van der Waals surface area contributed by atoms with Crippen LogP contribution in [0, 0.1) is 0 Å². The number of sulfonamides is 1. The lowest BCUT2D eigenvalue weighted by Crippen LogP contribution is -2.36. The van der Waals surface area contributed by atoms with E-state index in [2.05, 4.69) is 9.71 Å². The van der Waals surface area contributed by atoms with Crippen molar-refractivity contribution < 1.29 is 27.5 Å². The van der Waals surface area contributed by atoms with E-state index in [4.69, 9.17) is 9.47 Å². The van der Waals surface area contributed by atoms with Gasteiger partial charge in [-0.1, -0.05) is 6.42 Å². The molecule has 37 heavy (non-hydrogen) atoms. The Balaban J connectivity index is 1.47. The van der Waals surface area contributed by atoms with Crippen LogP contribution >= 0.6 is 0 Å². The molecule has 2 heterocycles. The van der Waals surface area contributed by atoms with E-state index in [1.807, 2.05) is 18.7 Å². The molecule has 0 spiro atoms. The van der Waals surface area contributed by atoms with Crippen molar-refractivity contribution >= 4 is 39.0 Å². The minimum atomic E-state index is -3.92. The first kappa shape index (κ1) is 26.5. The number of nitrogens with zero attached hydrogens (tertiary/aromatic N) is 3. The van der Waals surface area contributed by atoms with Crippen molar-refractivity contribution in [2.75, 3.05) is 43.6 Å². The molecule has 2 aromatic carbocycles. The molecule has 0 radical (unpaired) electrons. The number of benzene rings is 2. The average Bonchev–Trinajstić information content (AvgIpc) is 3.10. The van der Waals surface area contributed by atoms with E-state index in [9.17, 15) is 18.0 Å². The monoisotopic (exact) mass is 528 g/mol. The summed E-state index contributed by atoms with van der Waals surface area (Å²) in [6.07, 6.45) is 3.46. The Kier molecular flexibility index (Phi) is 8.01. The number of hydrogen-bond acceptors (Lipinski definition) is 7. The zero-order chi connectivity index (χ0) is 26.6. The molecule has 0 atom stereocenters. The number of carbonyl (C=O) groups is 2. The SMILES string of the molecule is CCOc1ccc(NC(=O)CN(C)C(=O)c2ccc3c(c2)S(=O)(=O)N=C2CCCCCN23)cc1OCC. The van der Waals surface area contributed by atoms with Crippen LogP contribution in [-0.2, 0) is 14.8 Å². The minimum absolute atomic E-state index is 0.0136. The lowest BCUT2D eigenvalue weighted by molar-refractivity contribution is -0.116. The van der Waals surface area contributed by atoms with Crippen LogP contribution in [0.2, 0.25) is 0 Å². The molecular formula is C26H32N4O6S. The number of nitrogens with one attached hydrogen (secondary N) is 1. The van der Waals surface area contributed by atoms with Crippen molar-refractivity contribution in [1.82, 2.24) is 4.90 Å². The number of ether oxygens (including phenoxy) is 2. The number of likely N-dealkylation sites (N-methyl/N-ethyl adjacent to an activating group) is 1. The summed E-state index contributed by atoms with van der Waals surface area (Å²) < 4.78 is 40.9. The molecule has 0 unspecified atom stereocenters. The van der Waals surface area contributed by atoms with Crippen molar-refractivity contribution in [1.29, 1.82) is 0 Å². The third-order valence-electron chi connectivity index (χ3n) is 6.15. The van der Waals surface area contributed by atoms with Gasteiger partial charge in [0.1, 0.15) is 10.7 Å². The molecule has 11 heteroatoms. The lowest BCUT2D eigenvalue weighted by atomic mass is 10.1. The number of anilines is 2. The third-order valence-corrected chi connectivity index (χ3v) is 7.48. The fraction of sp³-hybridized carbons (Fsp3) is 0.423. The molecule has 1 saturated heterocycles. The van der Waals surface area contributed by atoms with Crippen LogP contribution in [0.3, 0.4) is 0 Å². The number of rotatable bonds is 8. The Bertz CT molecular complexity index is 1320. The minimum Gasteiger partial charge on any atom is -0.490 e. The molecule has 2 aliphatic heterocycles. The van der Waals surface area contributed by atoms with E-state index in [1.54, 1.807) is 30.3 Å². The van der Waals surface area contributed by atoms with Gasteiger partial charge in [0.15, 0.2) is 11.5 Å². The number of amidine groups is 1. The molecule has 0 aliphatic carbocycles. The van der Waals surface area contributed by atoms with Crippen LogP contribution in [0.5, 0.6) is 11.5 Å². The van der Waals surface area contributed by atoms with Gasteiger partial charge in [-0.3, -0.25) is 9.59 Å². The molecular weight excluding hydrogens is 496 g/mol. The smallest absolute Gasteiger partial charge is 0.286 e. The van der Waals surface area contributed by atoms with Crippen molar-refractivity contribution in [2.24, 2.45) is 4.40 Å². The Hall–Kier alpha value is -3.60. The summed E-state index contributed by atoms with van der Waals surface area (Å²) in [5.74, 6) is 0.762. The molecule has 0 bridgehead atoms. The second kappa shape index (κ2) is 11.2. The van der Waals surface area contributed by atoms with Crippen molar-refractivity contribution in [2.45, 2.75) is 44.4 Å². The first-order valence-corrected chi connectivity index (χ1v) is 13.9. The normalized spacial score (nSPS) is 16.0. The van der Waals surface area contributed by atoms with Crippen LogP contribution < -0.4 is 19.7 Å². The Morgan fingerprint density at radius 1 is 1.03 bits per heavy atom. The molecule has 2 amide bonds. The van der Waals surface area contributed by atoms with Gasteiger partial charge in [-0.15, -0.1) is 4.40 Å². The van der Waals surface area contributed by atoms with Gasteiger partial charge in [-0.2, -0.15) is 8.42 Å². The summed E-state index contributed by atoms with van der Waals surface area (Å²) in [5.41, 5.74) is 1.22. The second-order valence-electron chi connectivity index (χ2n) is 8.86. The molecule has 2 aromatic rings. The zero-order valence-electron chi connectivity index (χ0n) is 21.3. The van der Waals surface area contributed by atoms with E-state index in [0.717, 1.165) is 19.3 Å². The Morgan fingerprint density at radius 3 is 2.54 bits per heavy atom. The molecule has 1 N–H and O–H groups in total. The molecule has 0 aromatic heterocycles. The first-order chi connectivity index (χ1) is 17.7. The number of amides is 2. The van der Waals surface area contributed by atoms with E-state index in [1.165, 1.54) is 18.0 Å². The maximum atomic E-state index is 13.1. The van der Waals surface area contributed by atoms with Gasteiger partial charge in [-0.05, 0) is 57.0 Å². The van der Waals surface area contributed by atoms with Crippen LogP contribution in [0.4, 0.5) is 11.4 Å². The van der Waals surface area contributed by atoms with E-state index < -0.39 is 21.8 Å². The number of carbonyl (C=O) groups excluding carboxylic acids is 2. The summed E-state index contributed by atoms with van der Waals surface area (Å²) in [5, 5.41) is 2.76. The predicted octanol–water partition coefficient (Wildman–Crippen LogP) is 3.68. The van der Waals surface area contributed by atoms with Crippen LogP contribution in [0.15, 0.2) is 45.7 Å². The van der Waals surface area contributed by atoms with Crippen LogP contribution in [0.1, 0.15) is 49.9 Å². The zero-order valence-corrected chi connectivity index (χ0v) is 22.1. The fourth-order valence-corrected chi connectivity index (χ4v) is 5.73. The number of hydrogen-bond donors (Lipinski definition) is 1. The van der Waals surface area contributed by atoms with Crippen LogP contribution in [0.25, 0.3) is 0 Å². The maximum absolute atomic E-state index is 13.1. The standard InChI is InChI=1S/C26H32N4O6S/c1-4-35-21-13-11-19(16-22(21)36-5-2)27-25(31)17-29(3)26(32)18-10-12-20-23(15-18)37(33,34)28-24-9-7-6-8-14-30(20)24/h10-13,15-16H,4-9,14,17H2,1-3H3,(H,27,31). The summed E-state index contributed by atoms with van der Waals surface area (Å²) in [4.78, 5) is 28.9. The number of fused-ring (bicyclic) bond motifs is 3. The van der Waals surface area contributed by atoms with Gasteiger partial charge < -0.3 is 24.6 Å². The first-order valence-electron chi connectivity index (χ1n) is 12.4. The van der Waals surface area contributed by atoms with E-state index in [0.29, 0.717) is 54.9 Å². The molecule has 10 nitrogen and oxygen atoms in total. The van der Waals surface area contributed by atoms with E-state index >= 15 is 0 Å². The molecule has 198 valence electrons. The van der Waals surface area contributed by atoms with Crippen molar-refractivity contribution in [3.05, 3.63) is 42.0 Å². The van der Waals surface area contributed by atoms with Gasteiger partial charge in [0, 0.05) is 37.3 Å². The second-order valence-corrected chi connectivity index (χ2v) is 10.4. The van der Waals surface area contributed by atoms with E-state index in [-0.39, 0.29) is 17.0 Å². The van der Waals surface area contributed by atoms with Gasteiger partial charge in [-0.25, -0.2) is 0 Å². The maximum Gasteiger partial charge on any atom is 0.286 e. The van der Waals surface area contributed by atoms with Gasteiger partial charge >= 0.3 is 0 Å². The van der Waals surface area contributed by atoms with Gasteiger partial charge in [0.2, 0.25) is 5.91 Å². The fourth-order valence-electron chi connectivity index (χ4n) is 4.45. The molecule has 0 saturated carbocycles.